The van der Waals surface area contributed by atoms with E-state index < -0.39 is 0 Å². The molecule has 0 atom stereocenters. The molecule has 40 heavy (non-hydrogen) atoms. The van der Waals surface area contributed by atoms with Crippen LogP contribution in [0.4, 0.5) is 17.1 Å². The molecule has 3 aliphatic rings. The number of fused-ring (bicyclic) bond motifs is 3. The van der Waals surface area contributed by atoms with Gasteiger partial charge in [0.05, 0.1) is 5.41 Å². The maximum Gasteiger partial charge on any atom is 0.209 e. The van der Waals surface area contributed by atoms with Crippen molar-refractivity contribution in [2.75, 3.05) is 30.9 Å². The van der Waals surface area contributed by atoms with E-state index in [-0.39, 0.29) is 16.2 Å². The van der Waals surface area contributed by atoms with Crippen molar-refractivity contribution in [2.24, 2.45) is 0 Å². The average Bonchev–Trinajstić information content (AvgIpc) is 3.34. The molecule has 3 aromatic rings. The fraction of sp³-hybridized carbons (Fsp3) is 0.324. The van der Waals surface area contributed by atoms with Crippen LogP contribution in [0.5, 0.6) is 0 Å². The first-order valence-corrected chi connectivity index (χ1v) is 14.4. The highest BCUT2D eigenvalue weighted by Gasteiger charge is 2.44. The van der Waals surface area contributed by atoms with Gasteiger partial charge in [-0.25, -0.2) is 0 Å². The van der Waals surface area contributed by atoms with Crippen molar-refractivity contribution in [3.8, 4) is 0 Å². The summed E-state index contributed by atoms with van der Waals surface area (Å²) in [5.74, 6) is 0. The first-order chi connectivity index (χ1) is 18.9. The number of rotatable bonds is 3. The van der Waals surface area contributed by atoms with E-state index in [2.05, 4.69) is 168 Å². The summed E-state index contributed by atoms with van der Waals surface area (Å²) in [4.78, 5) is 4.76. The molecule has 0 unspecified atom stereocenters. The third-order valence-electron chi connectivity index (χ3n) is 9.73. The van der Waals surface area contributed by atoms with Crippen LogP contribution in [0.1, 0.15) is 58.2 Å². The summed E-state index contributed by atoms with van der Waals surface area (Å²) in [5.41, 5.74) is 12.8. The van der Waals surface area contributed by atoms with Crippen LogP contribution >= 0.6 is 0 Å². The molecular formula is C37H42N3+. The van der Waals surface area contributed by atoms with Crippen LogP contribution in [0.2, 0.25) is 0 Å². The van der Waals surface area contributed by atoms with E-state index in [1.54, 1.807) is 0 Å². The fourth-order valence-electron chi connectivity index (χ4n) is 7.38. The number of allylic oxidation sites excluding steroid dienone is 6. The zero-order valence-electron chi connectivity index (χ0n) is 25.5. The van der Waals surface area contributed by atoms with Crippen molar-refractivity contribution in [3.63, 3.8) is 0 Å². The van der Waals surface area contributed by atoms with E-state index in [0.29, 0.717) is 0 Å². The maximum atomic E-state index is 2.43. The second-order valence-corrected chi connectivity index (χ2v) is 13.2. The molecule has 0 bridgehead atoms. The Morgan fingerprint density at radius 1 is 0.600 bits per heavy atom. The van der Waals surface area contributed by atoms with E-state index in [9.17, 15) is 0 Å². The van der Waals surface area contributed by atoms with Gasteiger partial charge in [-0.3, -0.25) is 0 Å². The zero-order valence-corrected chi connectivity index (χ0v) is 25.5. The number of benzene rings is 3. The topological polar surface area (TPSA) is 9.49 Å². The molecular weight excluding hydrogens is 486 g/mol. The van der Waals surface area contributed by atoms with E-state index in [0.717, 1.165) is 0 Å². The van der Waals surface area contributed by atoms with Crippen molar-refractivity contribution < 1.29 is 4.58 Å². The summed E-state index contributed by atoms with van der Waals surface area (Å²) in [7, 11) is 6.63. The predicted molar refractivity (Wildman–Crippen MR) is 170 cm³/mol. The van der Waals surface area contributed by atoms with E-state index >= 15 is 0 Å². The van der Waals surface area contributed by atoms with Crippen LogP contribution in [0, 0.1) is 0 Å². The Balaban J connectivity index is 1.57. The summed E-state index contributed by atoms with van der Waals surface area (Å²) in [6, 6.07) is 26.5. The van der Waals surface area contributed by atoms with Gasteiger partial charge in [0, 0.05) is 65.4 Å². The third-order valence-corrected chi connectivity index (χ3v) is 9.73. The molecule has 0 aromatic heterocycles. The van der Waals surface area contributed by atoms with Gasteiger partial charge < -0.3 is 9.80 Å². The van der Waals surface area contributed by atoms with E-state index in [4.69, 9.17) is 0 Å². The minimum absolute atomic E-state index is 0.103. The van der Waals surface area contributed by atoms with Crippen LogP contribution in [0.3, 0.4) is 0 Å². The SMILES string of the molecule is CN1C(=CC(=CC2=[N+](C)c3ccccc3C2(C)C)/C=C2\N(C)c3ccccc3C2(C)C)C(C)(C)c2ccccc21. The van der Waals surface area contributed by atoms with E-state index in [1.807, 2.05) is 0 Å². The Hall–Kier alpha value is -3.85. The maximum absolute atomic E-state index is 2.43. The highest BCUT2D eigenvalue weighted by Crippen LogP contribution is 2.49. The smallest absolute Gasteiger partial charge is 0.209 e. The lowest BCUT2D eigenvalue weighted by Gasteiger charge is -2.26. The second-order valence-electron chi connectivity index (χ2n) is 13.2. The van der Waals surface area contributed by atoms with E-state index in [1.165, 1.54) is 56.4 Å². The first-order valence-electron chi connectivity index (χ1n) is 14.4. The van der Waals surface area contributed by atoms with Crippen molar-refractivity contribution in [1.29, 1.82) is 0 Å². The molecule has 0 radical (unpaired) electrons. The number of nitrogens with zero attached hydrogens (tertiary/aromatic N) is 3. The minimum atomic E-state index is -0.103. The minimum Gasteiger partial charge on any atom is -0.347 e. The van der Waals surface area contributed by atoms with Gasteiger partial charge in [-0.1, -0.05) is 82.3 Å². The first kappa shape index (κ1) is 26.4. The Morgan fingerprint density at radius 3 is 1.48 bits per heavy atom. The third kappa shape index (κ3) is 3.67. The standard InChI is InChI=1S/C37H42N3/c1-35(2)26-16-10-13-19-29(26)38(7)32(35)22-25(23-33-36(3,4)27-17-11-14-20-30(27)39(33)8)24-34-37(5,6)28-18-12-15-21-31(28)40(34)9/h10-24H,1-9H3/q+1. The second kappa shape index (κ2) is 8.83. The van der Waals surface area contributed by atoms with Gasteiger partial charge in [-0.2, -0.15) is 4.58 Å². The number of hydrogen-bond donors (Lipinski definition) is 0. The molecule has 0 N–H and O–H groups in total. The summed E-state index contributed by atoms with van der Waals surface area (Å²) in [6.07, 6.45) is 7.29. The molecule has 3 heterocycles. The summed E-state index contributed by atoms with van der Waals surface area (Å²) >= 11 is 0. The Bertz CT molecular complexity index is 1580. The number of anilines is 2. The fourth-order valence-corrected chi connectivity index (χ4v) is 7.38. The molecule has 3 nitrogen and oxygen atoms in total. The Morgan fingerprint density at radius 2 is 1.02 bits per heavy atom. The van der Waals surface area contributed by atoms with Crippen molar-refractivity contribution in [2.45, 2.75) is 57.8 Å². The molecule has 0 saturated carbocycles. The van der Waals surface area contributed by atoms with Gasteiger partial charge in [0.2, 0.25) is 5.69 Å². The van der Waals surface area contributed by atoms with Gasteiger partial charge in [0.1, 0.15) is 7.05 Å². The number of likely N-dealkylation sites (N-methyl/N-ethyl adjacent to an activating group) is 2. The normalized spacial score (nSPS) is 22.3. The lowest BCUT2D eigenvalue weighted by atomic mass is 9.79. The largest absolute Gasteiger partial charge is 0.347 e. The zero-order chi connectivity index (χ0) is 28.6. The molecule has 3 aliphatic heterocycles. The molecule has 6 rings (SSSR count). The molecule has 3 aromatic carbocycles. The molecule has 0 amide bonds. The van der Waals surface area contributed by atoms with Crippen molar-refractivity contribution >= 4 is 22.8 Å². The van der Waals surface area contributed by atoms with Gasteiger partial charge >= 0.3 is 0 Å². The van der Waals surface area contributed by atoms with Crippen molar-refractivity contribution in [1.82, 2.24) is 0 Å². The molecule has 0 saturated heterocycles. The molecule has 0 spiro atoms. The number of hydrogen-bond acceptors (Lipinski definition) is 2. The van der Waals surface area contributed by atoms with Gasteiger partial charge in [-0.15, -0.1) is 0 Å². The Labute approximate surface area is 240 Å². The molecule has 0 aliphatic carbocycles. The monoisotopic (exact) mass is 528 g/mol. The number of para-hydroxylation sites is 3. The summed E-state index contributed by atoms with van der Waals surface area (Å²) in [6.45, 7) is 14.1. The highest BCUT2D eigenvalue weighted by atomic mass is 15.2. The van der Waals surface area contributed by atoms with Crippen LogP contribution < -0.4 is 9.80 Å². The van der Waals surface area contributed by atoms with Crippen LogP contribution in [0.25, 0.3) is 0 Å². The molecule has 3 heteroatoms. The van der Waals surface area contributed by atoms with Gasteiger partial charge in [0.15, 0.2) is 5.71 Å². The van der Waals surface area contributed by atoms with Gasteiger partial charge in [0.25, 0.3) is 0 Å². The van der Waals surface area contributed by atoms with Crippen LogP contribution in [-0.4, -0.2) is 31.4 Å². The average molecular weight is 529 g/mol. The predicted octanol–water partition coefficient (Wildman–Crippen LogP) is 8.24. The molecule has 204 valence electrons. The van der Waals surface area contributed by atoms with Crippen molar-refractivity contribution in [3.05, 3.63) is 125 Å². The van der Waals surface area contributed by atoms with Crippen LogP contribution in [0.15, 0.2) is 108 Å². The lowest BCUT2D eigenvalue weighted by Crippen LogP contribution is -2.28. The summed E-state index contributed by atoms with van der Waals surface area (Å²) in [5, 5.41) is 0. The highest BCUT2D eigenvalue weighted by molar-refractivity contribution is 6.04. The molecule has 0 fully saturated rings. The van der Waals surface area contributed by atoms with Gasteiger partial charge in [-0.05, 0) is 54.8 Å². The Kier molecular flexibility index (Phi) is 5.82. The summed E-state index contributed by atoms with van der Waals surface area (Å²) < 4.78 is 2.38. The lowest BCUT2D eigenvalue weighted by molar-refractivity contribution is -0.401. The van der Waals surface area contributed by atoms with Crippen LogP contribution in [-0.2, 0) is 16.2 Å². The quantitative estimate of drug-likeness (QED) is 0.317.